The normalized spacial score (nSPS) is 11.1. The number of benzene rings is 2. The van der Waals surface area contributed by atoms with Crippen LogP contribution in [0.3, 0.4) is 0 Å². The Labute approximate surface area is 141 Å². The number of nitrogens with zero attached hydrogens (tertiary/aromatic N) is 2. The van der Waals surface area contributed by atoms with Crippen LogP contribution in [0.1, 0.15) is 18.9 Å². The number of nitrogens with one attached hydrogen (secondary N) is 2. The van der Waals surface area contributed by atoms with Crippen LogP contribution in [0.5, 0.6) is 0 Å². The van der Waals surface area contributed by atoms with Crippen molar-refractivity contribution in [2.75, 3.05) is 25.0 Å². The van der Waals surface area contributed by atoms with Crippen LogP contribution in [-0.4, -0.2) is 29.2 Å². The Morgan fingerprint density at radius 2 is 1.79 bits per heavy atom. The average molecular weight is 326 g/mol. The zero-order chi connectivity index (χ0) is 16.8. The summed E-state index contributed by atoms with van der Waals surface area (Å²) in [6.07, 6.45) is 1.13. The van der Waals surface area contributed by atoms with Crippen molar-refractivity contribution in [1.82, 2.24) is 14.9 Å². The van der Waals surface area contributed by atoms with Crippen molar-refractivity contribution >= 4 is 17.0 Å². The van der Waals surface area contributed by atoms with E-state index in [9.17, 15) is 4.39 Å². The van der Waals surface area contributed by atoms with Crippen molar-refractivity contribution in [1.29, 1.82) is 0 Å². The topological polar surface area (TPSA) is 41.9 Å². The van der Waals surface area contributed by atoms with Crippen molar-refractivity contribution in [2.24, 2.45) is 0 Å². The van der Waals surface area contributed by atoms with Crippen molar-refractivity contribution in [2.45, 2.75) is 19.9 Å². The third kappa shape index (κ3) is 3.92. The lowest BCUT2D eigenvalue weighted by Crippen LogP contribution is -2.23. The highest BCUT2D eigenvalue weighted by Crippen LogP contribution is 2.21. The van der Waals surface area contributed by atoms with Crippen LogP contribution >= 0.6 is 0 Å². The Bertz CT molecular complexity index is 780. The van der Waals surface area contributed by atoms with E-state index in [-0.39, 0.29) is 5.82 Å². The van der Waals surface area contributed by atoms with Gasteiger partial charge in [-0.3, -0.25) is 0 Å². The maximum absolute atomic E-state index is 13.1. The van der Waals surface area contributed by atoms with Gasteiger partial charge in [-0.05, 0) is 42.8 Å². The summed E-state index contributed by atoms with van der Waals surface area (Å²) < 4.78 is 15.3. The summed E-state index contributed by atoms with van der Waals surface area (Å²) >= 11 is 0. The van der Waals surface area contributed by atoms with E-state index >= 15 is 0 Å². The quantitative estimate of drug-likeness (QED) is 0.621. The molecule has 0 aliphatic rings. The third-order valence-corrected chi connectivity index (χ3v) is 3.92. The zero-order valence-electron chi connectivity index (χ0n) is 13.9. The summed E-state index contributed by atoms with van der Waals surface area (Å²) in [7, 11) is 0. The molecule has 0 unspecified atom stereocenters. The summed E-state index contributed by atoms with van der Waals surface area (Å²) in [5.74, 6) is 0.633. The Balaban J connectivity index is 1.80. The van der Waals surface area contributed by atoms with Gasteiger partial charge in [0.25, 0.3) is 0 Å². The van der Waals surface area contributed by atoms with Crippen LogP contribution in [0, 0.1) is 5.82 Å². The molecule has 0 saturated heterocycles. The molecule has 3 aromatic rings. The van der Waals surface area contributed by atoms with E-state index in [1.165, 1.54) is 12.1 Å². The Morgan fingerprint density at radius 3 is 2.58 bits per heavy atom. The fourth-order valence-corrected chi connectivity index (χ4v) is 2.71. The number of aromatic nitrogens is 2. The molecule has 126 valence electrons. The van der Waals surface area contributed by atoms with Crippen LogP contribution in [-0.2, 0) is 6.54 Å². The number of hydrogen-bond acceptors (Lipinski definition) is 3. The lowest BCUT2D eigenvalue weighted by molar-refractivity contribution is 0.626. The van der Waals surface area contributed by atoms with Gasteiger partial charge in [0, 0.05) is 13.1 Å². The van der Waals surface area contributed by atoms with Crippen molar-refractivity contribution in [3.8, 4) is 0 Å². The van der Waals surface area contributed by atoms with E-state index in [0.29, 0.717) is 6.54 Å². The first-order valence-corrected chi connectivity index (χ1v) is 8.42. The van der Waals surface area contributed by atoms with Gasteiger partial charge in [-0.2, -0.15) is 0 Å². The second-order valence-corrected chi connectivity index (χ2v) is 5.81. The summed E-state index contributed by atoms with van der Waals surface area (Å²) in [6.45, 7) is 5.54. The van der Waals surface area contributed by atoms with Gasteiger partial charge in [0.2, 0.25) is 5.95 Å². The lowest BCUT2D eigenvalue weighted by Gasteiger charge is -2.11. The minimum absolute atomic E-state index is 0.213. The van der Waals surface area contributed by atoms with Gasteiger partial charge in [-0.15, -0.1) is 0 Å². The number of rotatable bonds is 8. The molecular weight excluding hydrogens is 303 g/mol. The molecule has 1 heterocycles. The van der Waals surface area contributed by atoms with Gasteiger partial charge in [-0.25, -0.2) is 9.37 Å². The molecule has 4 nitrogen and oxygen atoms in total. The predicted octanol–water partition coefficient (Wildman–Crippen LogP) is 3.64. The molecule has 0 aliphatic heterocycles. The average Bonchev–Trinajstić information content (AvgIpc) is 2.94. The first-order chi connectivity index (χ1) is 11.8. The minimum Gasteiger partial charge on any atom is -0.354 e. The SMILES string of the molecule is CCCNCCNc1nc2ccccc2n1Cc1ccc(F)cc1. The van der Waals surface area contributed by atoms with Crippen molar-refractivity contribution in [3.63, 3.8) is 0 Å². The number of anilines is 1. The monoisotopic (exact) mass is 326 g/mol. The highest BCUT2D eigenvalue weighted by Gasteiger charge is 2.10. The smallest absolute Gasteiger partial charge is 0.204 e. The highest BCUT2D eigenvalue weighted by atomic mass is 19.1. The van der Waals surface area contributed by atoms with E-state index in [4.69, 9.17) is 4.98 Å². The van der Waals surface area contributed by atoms with Crippen molar-refractivity contribution < 1.29 is 4.39 Å². The van der Waals surface area contributed by atoms with Gasteiger partial charge in [-0.1, -0.05) is 31.2 Å². The molecule has 0 saturated carbocycles. The van der Waals surface area contributed by atoms with Gasteiger partial charge < -0.3 is 15.2 Å². The molecule has 0 radical (unpaired) electrons. The minimum atomic E-state index is -0.213. The van der Waals surface area contributed by atoms with Gasteiger partial charge in [0.15, 0.2) is 0 Å². The van der Waals surface area contributed by atoms with Crippen LogP contribution in [0.25, 0.3) is 11.0 Å². The molecular formula is C19H23FN4. The summed E-state index contributed by atoms with van der Waals surface area (Å²) in [4.78, 5) is 4.69. The Hall–Kier alpha value is -2.40. The van der Waals surface area contributed by atoms with E-state index in [1.54, 1.807) is 0 Å². The highest BCUT2D eigenvalue weighted by molar-refractivity contribution is 5.78. The first-order valence-electron chi connectivity index (χ1n) is 8.42. The van der Waals surface area contributed by atoms with Crippen LogP contribution in [0.2, 0.25) is 0 Å². The summed E-state index contributed by atoms with van der Waals surface area (Å²) in [5.41, 5.74) is 3.08. The number of halogens is 1. The number of fused-ring (bicyclic) bond motifs is 1. The van der Waals surface area contributed by atoms with E-state index in [2.05, 4.69) is 28.2 Å². The van der Waals surface area contributed by atoms with Crippen LogP contribution < -0.4 is 10.6 Å². The molecule has 0 spiro atoms. The second kappa shape index (κ2) is 7.93. The molecule has 0 fully saturated rings. The molecule has 2 N–H and O–H groups in total. The van der Waals surface area contributed by atoms with E-state index < -0.39 is 0 Å². The number of hydrogen-bond donors (Lipinski definition) is 2. The van der Waals surface area contributed by atoms with Crippen LogP contribution in [0.4, 0.5) is 10.3 Å². The molecule has 3 rings (SSSR count). The number of imidazole rings is 1. The summed E-state index contributed by atoms with van der Waals surface area (Å²) in [5, 5.41) is 6.78. The van der Waals surface area contributed by atoms with E-state index in [1.807, 2.05) is 30.3 Å². The fourth-order valence-electron chi connectivity index (χ4n) is 2.71. The summed E-state index contributed by atoms with van der Waals surface area (Å²) in [6, 6.07) is 14.7. The first kappa shape index (κ1) is 16.5. The molecule has 0 bridgehead atoms. The molecule has 24 heavy (non-hydrogen) atoms. The molecule has 1 aromatic heterocycles. The molecule has 0 atom stereocenters. The van der Waals surface area contributed by atoms with Crippen molar-refractivity contribution in [3.05, 3.63) is 59.9 Å². The fraction of sp³-hybridized carbons (Fsp3) is 0.316. The van der Waals surface area contributed by atoms with Gasteiger partial charge in [0.1, 0.15) is 5.82 Å². The Morgan fingerprint density at radius 1 is 1.00 bits per heavy atom. The third-order valence-electron chi connectivity index (χ3n) is 3.92. The maximum atomic E-state index is 13.1. The van der Waals surface area contributed by atoms with Gasteiger partial charge in [0.05, 0.1) is 17.6 Å². The molecule has 5 heteroatoms. The Kier molecular flexibility index (Phi) is 5.43. The molecule has 2 aromatic carbocycles. The number of para-hydroxylation sites is 2. The molecule has 0 aliphatic carbocycles. The van der Waals surface area contributed by atoms with Crippen LogP contribution in [0.15, 0.2) is 48.5 Å². The lowest BCUT2D eigenvalue weighted by atomic mass is 10.2. The largest absolute Gasteiger partial charge is 0.354 e. The predicted molar refractivity (Wildman–Crippen MR) is 96.9 cm³/mol. The standard InChI is InChI=1S/C19H23FN4/c1-2-11-21-12-13-22-19-23-17-5-3-4-6-18(17)24(19)14-15-7-9-16(20)10-8-15/h3-10,21H,2,11-14H2,1H3,(H,22,23). The molecule has 0 amide bonds. The van der Waals surface area contributed by atoms with Gasteiger partial charge >= 0.3 is 0 Å². The zero-order valence-corrected chi connectivity index (χ0v) is 13.9. The second-order valence-electron chi connectivity index (χ2n) is 5.81. The van der Waals surface area contributed by atoms with E-state index in [0.717, 1.165) is 48.6 Å². The maximum Gasteiger partial charge on any atom is 0.204 e.